The van der Waals surface area contributed by atoms with Crippen LogP contribution in [-0.2, 0) is 14.6 Å². The summed E-state index contributed by atoms with van der Waals surface area (Å²) in [5.74, 6) is -0.975. The summed E-state index contributed by atoms with van der Waals surface area (Å²) in [6.45, 7) is 3.56. The number of aromatic nitrogens is 1. The molecule has 24 heavy (non-hydrogen) atoms. The number of sulfone groups is 1. The molecule has 0 saturated carbocycles. The monoisotopic (exact) mass is 357 g/mol. The molecule has 10 heteroatoms. The lowest BCUT2D eigenvalue weighted by molar-refractivity contribution is -0.390. The van der Waals surface area contributed by atoms with Gasteiger partial charge in [0, 0.05) is 12.6 Å². The highest BCUT2D eigenvalue weighted by Crippen LogP contribution is 2.25. The van der Waals surface area contributed by atoms with Gasteiger partial charge in [-0.05, 0) is 42.3 Å². The van der Waals surface area contributed by atoms with Crippen molar-refractivity contribution in [2.45, 2.75) is 32.4 Å². The molecule has 0 aliphatic carbocycles. The number of nitrogens with zero attached hydrogens (tertiary/aromatic N) is 3. The summed E-state index contributed by atoms with van der Waals surface area (Å²) in [7, 11) is -3.12. The van der Waals surface area contributed by atoms with Crippen LogP contribution in [0.15, 0.2) is 18.3 Å². The second-order valence-corrected chi connectivity index (χ2v) is 7.75. The molecule has 132 valence electrons. The number of nitro groups is 1. The first-order valence-electron chi connectivity index (χ1n) is 7.52. The summed E-state index contributed by atoms with van der Waals surface area (Å²) in [5.41, 5.74) is 0. The Hall–Kier alpha value is -2.23. The number of pyridine rings is 1. The smallest absolute Gasteiger partial charge is 0.406 e. The zero-order valence-electron chi connectivity index (χ0n) is 13.4. The molecular weight excluding hydrogens is 338 g/mol. The summed E-state index contributed by atoms with van der Waals surface area (Å²) in [5, 5.41) is 10.9. The van der Waals surface area contributed by atoms with Gasteiger partial charge >= 0.3 is 5.82 Å². The molecule has 1 aliphatic rings. The third kappa shape index (κ3) is 3.99. The number of ether oxygens (including phenoxy) is 1. The molecule has 0 aromatic carbocycles. The molecule has 2 rings (SSSR count). The quantitative estimate of drug-likeness (QED) is 0.545. The Kier molecular flexibility index (Phi) is 5.37. The SMILES string of the molecule is CCN(C(=O)[C@@H](C)Oc1cccnc1[N+](=O)[O-])[C@@H]1CCS(=O)(=O)C1. The van der Waals surface area contributed by atoms with Crippen LogP contribution in [0.2, 0.25) is 0 Å². The van der Waals surface area contributed by atoms with E-state index in [0.717, 1.165) is 0 Å². The van der Waals surface area contributed by atoms with E-state index in [1.165, 1.54) is 30.2 Å². The van der Waals surface area contributed by atoms with Crippen LogP contribution in [0.5, 0.6) is 5.75 Å². The van der Waals surface area contributed by atoms with Crippen LogP contribution < -0.4 is 4.74 Å². The number of hydrogen-bond acceptors (Lipinski definition) is 7. The average molecular weight is 357 g/mol. The molecule has 9 nitrogen and oxygen atoms in total. The average Bonchev–Trinajstić information content (AvgIpc) is 2.88. The summed E-state index contributed by atoms with van der Waals surface area (Å²) >= 11 is 0. The van der Waals surface area contributed by atoms with Crippen molar-refractivity contribution in [3.8, 4) is 5.75 Å². The van der Waals surface area contributed by atoms with Gasteiger partial charge in [0.25, 0.3) is 5.91 Å². The maximum absolute atomic E-state index is 12.6. The van der Waals surface area contributed by atoms with Crippen LogP contribution >= 0.6 is 0 Å². The Labute approximate surface area is 139 Å². The zero-order chi connectivity index (χ0) is 17.9. The fourth-order valence-corrected chi connectivity index (χ4v) is 4.43. The lowest BCUT2D eigenvalue weighted by atomic mass is 10.2. The summed E-state index contributed by atoms with van der Waals surface area (Å²) in [4.78, 5) is 27.9. The maximum atomic E-state index is 12.6. The van der Waals surface area contributed by atoms with E-state index in [0.29, 0.717) is 13.0 Å². The van der Waals surface area contributed by atoms with Crippen molar-refractivity contribution >= 4 is 21.6 Å². The maximum Gasteiger partial charge on any atom is 0.406 e. The van der Waals surface area contributed by atoms with Gasteiger partial charge in [-0.25, -0.2) is 8.42 Å². The minimum absolute atomic E-state index is 0.0603. The molecule has 2 heterocycles. The van der Waals surface area contributed by atoms with Gasteiger partial charge in [0.1, 0.15) is 6.20 Å². The first-order valence-corrected chi connectivity index (χ1v) is 9.34. The highest BCUT2D eigenvalue weighted by molar-refractivity contribution is 7.91. The van der Waals surface area contributed by atoms with E-state index in [-0.39, 0.29) is 23.3 Å². The van der Waals surface area contributed by atoms with Crippen molar-refractivity contribution in [1.29, 1.82) is 0 Å². The van der Waals surface area contributed by atoms with Crippen molar-refractivity contribution < 1.29 is 22.9 Å². The zero-order valence-corrected chi connectivity index (χ0v) is 14.2. The van der Waals surface area contributed by atoms with E-state index in [4.69, 9.17) is 4.74 Å². The van der Waals surface area contributed by atoms with Gasteiger partial charge in [-0.1, -0.05) is 0 Å². The third-order valence-electron chi connectivity index (χ3n) is 3.85. The van der Waals surface area contributed by atoms with Crippen molar-refractivity contribution in [3.63, 3.8) is 0 Å². The van der Waals surface area contributed by atoms with Crippen molar-refractivity contribution in [1.82, 2.24) is 9.88 Å². The number of rotatable bonds is 6. The molecular formula is C14H19N3O6S. The van der Waals surface area contributed by atoms with Gasteiger partial charge < -0.3 is 19.8 Å². The van der Waals surface area contributed by atoms with Gasteiger partial charge in [-0.15, -0.1) is 0 Å². The van der Waals surface area contributed by atoms with Crippen LogP contribution in [0.3, 0.4) is 0 Å². The summed E-state index contributed by atoms with van der Waals surface area (Å²) < 4.78 is 28.6. The Morgan fingerprint density at radius 2 is 2.29 bits per heavy atom. The molecule has 1 aromatic heterocycles. The molecule has 1 aliphatic heterocycles. The van der Waals surface area contributed by atoms with E-state index in [1.807, 2.05) is 0 Å². The second-order valence-electron chi connectivity index (χ2n) is 5.52. The van der Waals surface area contributed by atoms with Crippen LogP contribution in [0.4, 0.5) is 5.82 Å². The third-order valence-corrected chi connectivity index (χ3v) is 5.60. The predicted octanol–water partition coefficient (Wildman–Crippen LogP) is 0.793. The molecule has 1 aromatic rings. The van der Waals surface area contributed by atoms with E-state index >= 15 is 0 Å². The van der Waals surface area contributed by atoms with Crippen molar-refractivity contribution in [2.24, 2.45) is 0 Å². The lowest BCUT2D eigenvalue weighted by Crippen LogP contribution is -2.46. The number of amides is 1. The van der Waals surface area contributed by atoms with E-state index < -0.39 is 32.6 Å². The minimum Gasteiger partial charge on any atom is -0.473 e. The Morgan fingerprint density at radius 1 is 1.58 bits per heavy atom. The van der Waals surface area contributed by atoms with Gasteiger partial charge in [-0.2, -0.15) is 0 Å². The highest BCUT2D eigenvalue weighted by atomic mass is 32.2. The van der Waals surface area contributed by atoms with E-state index in [2.05, 4.69) is 4.98 Å². The Morgan fingerprint density at radius 3 is 2.83 bits per heavy atom. The Balaban J connectivity index is 2.12. The lowest BCUT2D eigenvalue weighted by Gasteiger charge is -2.29. The number of carbonyl (C=O) groups excluding carboxylic acids is 1. The second kappa shape index (κ2) is 7.12. The Bertz CT molecular complexity index is 736. The number of hydrogen-bond donors (Lipinski definition) is 0. The van der Waals surface area contributed by atoms with Crippen molar-refractivity contribution in [2.75, 3.05) is 18.1 Å². The molecule has 2 atom stereocenters. The summed E-state index contributed by atoms with van der Waals surface area (Å²) in [6.07, 6.45) is 0.664. The molecule has 0 unspecified atom stereocenters. The van der Waals surface area contributed by atoms with Crippen molar-refractivity contribution in [3.05, 3.63) is 28.4 Å². The molecule has 0 bridgehead atoms. The molecule has 0 spiro atoms. The van der Waals surface area contributed by atoms with E-state index in [1.54, 1.807) is 6.92 Å². The van der Waals surface area contributed by atoms with Gasteiger partial charge in [0.05, 0.1) is 11.5 Å². The first-order chi connectivity index (χ1) is 11.2. The van der Waals surface area contributed by atoms with Gasteiger partial charge in [-0.3, -0.25) is 4.79 Å². The highest BCUT2D eigenvalue weighted by Gasteiger charge is 2.36. The molecule has 1 amide bonds. The van der Waals surface area contributed by atoms with E-state index in [9.17, 15) is 23.3 Å². The standard InChI is InChI=1S/C14H19N3O6S/c1-3-16(11-6-8-24(21,22)9-11)14(18)10(2)23-12-5-4-7-15-13(12)17(19)20/h4-5,7,10-11H,3,6,8-9H2,1-2H3/t10-,11-/m1/s1. The molecule has 0 N–H and O–H groups in total. The normalized spacial score (nSPS) is 20.3. The van der Waals surface area contributed by atoms with Crippen LogP contribution in [0.25, 0.3) is 0 Å². The van der Waals surface area contributed by atoms with Crippen LogP contribution in [-0.4, -0.2) is 59.3 Å². The fourth-order valence-electron chi connectivity index (χ4n) is 2.70. The predicted molar refractivity (Wildman–Crippen MR) is 85.4 cm³/mol. The summed E-state index contributed by atoms with van der Waals surface area (Å²) in [6, 6.07) is 2.45. The van der Waals surface area contributed by atoms with Gasteiger partial charge in [0.15, 0.2) is 15.9 Å². The first kappa shape index (κ1) is 18.1. The largest absolute Gasteiger partial charge is 0.473 e. The minimum atomic E-state index is -3.12. The molecule has 1 saturated heterocycles. The van der Waals surface area contributed by atoms with Gasteiger partial charge in [0.2, 0.25) is 5.75 Å². The fraction of sp³-hybridized carbons (Fsp3) is 0.571. The number of carbonyl (C=O) groups is 1. The number of likely N-dealkylation sites (N-methyl/N-ethyl adjacent to an activating group) is 1. The topological polar surface area (TPSA) is 120 Å². The van der Waals surface area contributed by atoms with Crippen LogP contribution in [0, 0.1) is 10.1 Å². The molecule has 1 fully saturated rings. The van der Waals surface area contributed by atoms with Crippen LogP contribution in [0.1, 0.15) is 20.3 Å². The molecule has 0 radical (unpaired) electrons.